The minimum Gasteiger partial charge on any atom is -0.264 e. The van der Waals surface area contributed by atoms with Gasteiger partial charge in [-0.05, 0) is 12.1 Å². The van der Waals surface area contributed by atoms with Gasteiger partial charge in [0.05, 0.1) is 4.90 Å². The van der Waals surface area contributed by atoms with Crippen molar-refractivity contribution in [2.24, 2.45) is 0 Å². The Labute approximate surface area is 128 Å². The molecule has 2 aromatic rings. The largest absolute Gasteiger partial charge is 0.264 e. The summed E-state index contributed by atoms with van der Waals surface area (Å²) in [6.45, 7) is 0.468. The summed E-state index contributed by atoms with van der Waals surface area (Å²) in [7, 11) is -3.62. The van der Waals surface area contributed by atoms with E-state index in [2.05, 4.69) is 4.98 Å². The number of hydrogen-bond donors (Lipinski definition) is 0. The first-order chi connectivity index (χ1) is 9.61. The van der Waals surface area contributed by atoms with Gasteiger partial charge in [0.1, 0.15) is 0 Å². The van der Waals surface area contributed by atoms with E-state index >= 15 is 0 Å². The molecule has 0 fully saturated rings. The number of nitrogens with zero attached hydrogens (tertiary/aromatic N) is 2. The van der Waals surface area contributed by atoms with Crippen LogP contribution in [0.25, 0.3) is 10.8 Å². The van der Waals surface area contributed by atoms with Gasteiger partial charge in [-0.15, -0.1) is 23.2 Å². The van der Waals surface area contributed by atoms with E-state index in [0.717, 1.165) is 5.39 Å². The van der Waals surface area contributed by atoms with Crippen LogP contribution in [-0.2, 0) is 10.0 Å². The van der Waals surface area contributed by atoms with Gasteiger partial charge < -0.3 is 0 Å². The Hall–Kier alpha value is -0.880. The van der Waals surface area contributed by atoms with Crippen molar-refractivity contribution in [1.82, 2.24) is 9.29 Å². The van der Waals surface area contributed by atoms with Crippen molar-refractivity contribution >= 4 is 44.0 Å². The van der Waals surface area contributed by atoms with Crippen molar-refractivity contribution < 1.29 is 8.42 Å². The Kier molecular flexibility index (Phi) is 5.21. The van der Waals surface area contributed by atoms with Gasteiger partial charge in [-0.3, -0.25) is 4.98 Å². The van der Waals surface area contributed by atoms with Gasteiger partial charge in [0.25, 0.3) is 0 Å². The molecule has 2 rings (SSSR count). The average molecular weight is 333 g/mol. The van der Waals surface area contributed by atoms with Gasteiger partial charge >= 0.3 is 0 Å². The molecule has 0 atom stereocenters. The summed E-state index contributed by atoms with van der Waals surface area (Å²) in [5.74, 6) is 0.449. The van der Waals surface area contributed by atoms with Crippen molar-refractivity contribution in [3.63, 3.8) is 0 Å². The topological polar surface area (TPSA) is 50.3 Å². The third kappa shape index (κ3) is 3.06. The SMILES string of the molecule is O=S(=O)(c1cccc2cnccc12)N(CCCl)CCCl. The van der Waals surface area contributed by atoms with Gasteiger partial charge in [0.15, 0.2) is 0 Å². The van der Waals surface area contributed by atoms with E-state index in [4.69, 9.17) is 23.2 Å². The number of alkyl halides is 2. The monoisotopic (exact) mass is 332 g/mol. The Balaban J connectivity index is 2.56. The zero-order valence-electron chi connectivity index (χ0n) is 10.7. The molecule has 0 radical (unpaired) electrons. The number of sulfonamides is 1. The van der Waals surface area contributed by atoms with Crippen LogP contribution in [0, 0.1) is 0 Å². The predicted molar refractivity (Wildman–Crippen MR) is 81.9 cm³/mol. The third-order valence-electron chi connectivity index (χ3n) is 2.93. The fourth-order valence-electron chi connectivity index (χ4n) is 2.00. The molecule has 0 aliphatic carbocycles. The number of hydrogen-bond acceptors (Lipinski definition) is 3. The first-order valence-electron chi connectivity index (χ1n) is 6.06. The number of aromatic nitrogens is 1. The molecule has 0 saturated carbocycles. The van der Waals surface area contributed by atoms with Crippen molar-refractivity contribution in [2.45, 2.75) is 4.90 Å². The summed E-state index contributed by atoms with van der Waals surface area (Å²) < 4.78 is 26.7. The van der Waals surface area contributed by atoms with Crippen LogP contribution in [0.5, 0.6) is 0 Å². The van der Waals surface area contributed by atoms with Crippen molar-refractivity contribution in [1.29, 1.82) is 0 Å². The van der Waals surface area contributed by atoms with Crippen LogP contribution in [0.3, 0.4) is 0 Å². The predicted octanol–water partition coefficient (Wildman–Crippen LogP) is 2.70. The van der Waals surface area contributed by atoms with E-state index in [1.807, 2.05) is 6.07 Å². The van der Waals surface area contributed by atoms with Gasteiger partial charge in [-0.1, -0.05) is 12.1 Å². The van der Waals surface area contributed by atoms with Gasteiger partial charge in [0, 0.05) is 48.0 Å². The van der Waals surface area contributed by atoms with E-state index in [0.29, 0.717) is 5.39 Å². The Morgan fingerprint density at radius 3 is 2.45 bits per heavy atom. The molecule has 0 amide bonds. The van der Waals surface area contributed by atoms with E-state index in [-0.39, 0.29) is 29.7 Å². The summed E-state index contributed by atoms with van der Waals surface area (Å²) in [6, 6.07) is 6.82. The second-order valence-corrected chi connectivity index (χ2v) is 6.80. The zero-order chi connectivity index (χ0) is 14.6. The first-order valence-corrected chi connectivity index (χ1v) is 8.57. The highest BCUT2D eigenvalue weighted by molar-refractivity contribution is 7.89. The second-order valence-electron chi connectivity index (χ2n) is 4.14. The van der Waals surface area contributed by atoms with Crippen LogP contribution in [0.4, 0.5) is 0 Å². The van der Waals surface area contributed by atoms with Crippen LogP contribution < -0.4 is 0 Å². The normalized spacial score (nSPS) is 12.2. The van der Waals surface area contributed by atoms with Crippen LogP contribution >= 0.6 is 23.2 Å². The lowest BCUT2D eigenvalue weighted by Crippen LogP contribution is -2.34. The Morgan fingerprint density at radius 2 is 1.80 bits per heavy atom. The van der Waals surface area contributed by atoms with Gasteiger partial charge in [-0.2, -0.15) is 4.31 Å². The minimum absolute atomic E-state index is 0.225. The molecule has 0 aliphatic heterocycles. The lowest BCUT2D eigenvalue weighted by Gasteiger charge is -2.21. The molecule has 1 heterocycles. The Morgan fingerprint density at radius 1 is 1.10 bits per heavy atom. The molecule has 0 spiro atoms. The second kappa shape index (κ2) is 6.72. The summed E-state index contributed by atoms with van der Waals surface area (Å²) in [4.78, 5) is 4.26. The number of halogens is 2. The molecule has 0 aliphatic rings. The summed E-state index contributed by atoms with van der Waals surface area (Å²) in [5, 5.41) is 1.43. The maximum Gasteiger partial charge on any atom is 0.243 e. The summed E-state index contributed by atoms with van der Waals surface area (Å²) >= 11 is 11.4. The van der Waals surface area contributed by atoms with Crippen molar-refractivity contribution in [3.8, 4) is 0 Å². The van der Waals surface area contributed by atoms with E-state index in [9.17, 15) is 8.42 Å². The molecular formula is C13H14Cl2N2O2S. The van der Waals surface area contributed by atoms with Gasteiger partial charge in [-0.25, -0.2) is 8.42 Å². The number of benzene rings is 1. The third-order valence-corrected chi connectivity index (χ3v) is 5.22. The lowest BCUT2D eigenvalue weighted by molar-refractivity contribution is 0.449. The highest BCUT2D eigenvalue weighted by Crippen LogP contribution is 2.25. The molecule has 20 heavy (non-hydrogen) atoms. The van der Waals surface area contributed by atoms with Crippen molar-refractivity contribution in [3.05, 3.63) is 36.7 Å². The fourth-order valence-corrected chi connectivity index (χ4v) is 4.26. The standard InChI is InChI=1S/C13H14Cl2N2O2S/c14-5-8-17(9-6-15)20(18,19)13-3-1-2-11-10-16-7-4-12(11)13/h1-4,7,10H,5-6,8-9H2. The molecule has 0 unspecified atom stereocenters. The molecule has 0 saturated heterocycles. The maximum absolute atomic E-state index is 12.7. The van der Waals surface area contributed by atoms with E-state index in [1.54, 1.807) is 30.6 Å². The number of rotatable bonds is 6. The van der Waals surface area contributed by atoms with Crippen LogP contribution in [0.2, 0.25) is 0 Å². The molecule has 108 valence electrons. The van der Waals surface area contributed by atoms with Crippen LogP contribution in [0.15, 0.2) is 41.6 Å². The molecule has 1 aromatic carbocycles. The summed E-state index contributed by atoms with van der Waals surface area (Å²) in [5.41, 5.74) is 0. The highest BCUT2D eigenvalue weighted by Gasteiger charge is 2.25. The molecule has 0 bridgehead atoms. The molecule has 4 nitrogen and oxygen atoms in total. The van der Waals surface area contributed by atoms with E-state index in [1.165, 1.54) is 4.31 Å². The minimum atomic E-state index is -3.62. The fraction of sp³-hybridized carbons (Fsp3) is 0.308. The molecular weight excluding hydrogens is 319 g/mol. The zero-order valence-corrected chi connectivity index (χ0v) is 13.0. The number of fused-ring (bicyclic) bond motifs is 1. The highest BCUT2D eigenvalue weighted by atomic mass is 35.5. The summed E-state index contributed by atoms with van der Waals surface area (Å²) in [6.07, 6.45) is 3.22. The van der Waals surface area contributed by atoms with Crippen LogP contribution in [0.1, 0.15) is 0 Å². The molecule has 7 heteroatoms. The van der Waals surface area contributed by atoms with Gasteiger partial charge in [0.2, 0.25) is 10.0 Å². The van der Waals surface area contributed by atoms with Crippen molar-refractivity contribution in [2.75, 3.05) is 24.8 Å². The lowest BCUT2D eigenvalue weighted by atomic mass is 10.2. The smallest absolute Gasteiger partial charge is 0.243 e. The molecule has 1 aromatic heterocycles. The van der Waals surface area contributed by atoms with E-state index < -0.39 is 10.0 Å². The maximum atomic E-state index is 12.7. The quantitative estimate of drug-likeness (QED) is 0.764. The van der Waals surface area contributed by atoms with Crippen LogP contribution in [-0.4, -0.2) is 42.6 Å². The number of pyridine rings is 1. The Bertz CT molecular complexity index is 680. The average Bonchev–Trinajstić information content (AvgIpc) is 2.46. The first kappa shape index (κ1) is 15.5. The molecule has 0 N–H and O–H groups in total.